The number of cyclic esters (lactones) is 1. The van der Waals surface area contributed by atoms with E-state index in [0.29, 0.717) is 5.56 Å². The number of carbonyl (C=O) groups excluding carboxylic acids is 1. The summed E-state index contributed by atoms with van der Waals surface area (Å²) >= 11 is 0. The molecule has 1 aromatic carbocycles. The zero-order chi connectivity index (χ0) is 15.8. The highest BCUT2D eigenvalue weighted by Crippen LogP contribution is 2.18. The predicted octanol–water partition coefficient (Wildman–Crippen LogP) is 1.58. The minimum absolute atomic E-state index is 0.0242. The molecule has 0 atom stereocenters. The van der Waals surface area contributed by atoms with Gasteiger partial charge in [-0.2, -0.15) is 0 Å². The lowest BCUT2D eigenvalue weighted by Gasteiger charge is -2.20. The van der Waals surface area contributed by atoms with E-state index in [2.05, 4.69) is 16.3 Å². The number of benzene rings is 1. The molecule has 21 heavy (non-hydrogen) atoms. The average Bonchev–Trinajstić information content (AvgIpc) is 2.67. The zero-order valence-corrected chi connectivity index (χ0v) is 12.8. The maximum atomic E-state index is 12.1. The second-order valence-electron chi connectivity index (χ2n) is 5.63. The highest BCUT2D eigenvalue weighted by atomic mass is 32.2. The van der Waals surface area contributed by atoms with Crippen LogP contribution in [0.15, 0.2) is 46.4 Å². The fraction of sp³-hybridized carbons (Fsp3) is 0.286. The van der Waals surface area contributed by atoms with E-state index in [1.807, 2.05) is 0 Å². The highest BCUT2D eigenvalue weighted by Gasteiger charge is 2.24. The van der Waals surface area contributed by atoms with Crippen LogP contribution in [0, 0.1) is 0 Å². The molecule has 0 saturated carbocycles. The molecule has 1 aliphatic heterocycles. The largest absolute Gasteiger partial charge is 0.402 e. The van der Waals surface area contributed by atoms with Crippen LogP contribution < -0.4 is 4.72 Å². The van der Waals surface area contributed by atoms with Crippen molar-refractivity contribution in [3.05, 3.63) is 42.1 Å². The van der Waals surface area contributed by atoms with E-state index >= 15 is 0 Å². The molecule has 1 N–H and O–H groups in total. The van der Waals surface area contributed by atoms with Gasteiger partial charge in [-0.3, -0.25) is 0 Å². The lowest BCUT2D eigenvalue weighted by atomic mass is 10.1. The van der Waals surface area contributed by atoms with Crippen molar-refractivity contribution in [3.63, 3.8) is 0 Å². The third-order valence-electron chi connectivity index (χ3n) is 2.51. The molecule has 1 aliphatic rings. The Balaban J connectivity index is 2.26. The number of esters is 1. The maximum absolute atomic E-state index is 12.1. The van der Waals surface area contributed by atoms with Gasteiger partial charge in [0, 0.05) is 11.1 Å². The number of hydrogen-bond donors (Lipinski definition) is 1. The first-order valence-electron chi connectivity index (χ1n) is 6.23. The summed E-state index contributed by atoms with van der Waals surface area (Å²) in [7, 11) is -3.59. The SMILES string of the molecule is C=C1N=C(c2ccc(S(=O)(=O)NC(C)(C)C)cc2)OC1=O. The van der Waals surface area contributed by atoms with Gasteiger partial charge in [0.2, 0.25) is 15.9 Å². The molecule has 1 aromatic rings. The van der Waals surface area contributed by atoms with E-state index in [0.717, 1.165) is 0 Å². The van der Waals surface area contributed by atoms with Crippen molar-refractivity contribution in [1.29, 1.82) is 0 Å². The summed E-state index contributed by atoms with van der Waals surface area (Å²) in [5, 5.41) is 0. The van der Waals surface area contributed by atoms with E-state index in [9.17, 15) is 13.2 Å². The first kappa shape index (κ1) is 15.4. The van der Waals surface area contributed by atoms with Gasteiger partial charge in [0.25, 0.3) is 0 Å². The lowest BCUT2D eigenvalue weighted by Crippen LogP contribution is -2.40. The Labute approximate surface area is 123 Å². The van der Waals surface area contributed by atoms with Crippen molar-refractivity contribution < 1.29 is 17.9 Å². The van der Waals surface area contributed by atoms with E-state index in [4.69, 9.17) is 4.74 Å². The Morgan fingerprint density at radius 3 is 2.19 bits per heavy atom. The number of hydrogen-bond acceptors (Lipinski definition) is 5. The third kappa shape index (κ3) is 3.56. The van der Waals surface area contributed by atoms with Gasteiger partial charge >= 0.3 is 5.97 Å². The highest BCUT2D eigenvalue weighted by molar-refractivity contribution is 7.89. The summed E-state index contributed by atoms with van der Waals surface area (Å²) in [5.41, 5.74) is -0.0341. The molecule has 0 spiro atoms. The van der Waals surface area contributed by atoms with Gasteiger partial charge < -0.3 is 4.74 Å². The molecule has 0 amide bonds. The summed E-state index contributed by atoms with van der Waals surface area (Å²) in [4.78, 5) is 15.2. The standard InChI is InChI=1S/C14H16N2O4S/c1-9-13(17)20-12(15-9)10-5-7-11(8-6-10)21(18,19)16-14(2,3)4/h5-8,16H,1H2,2-4H3. The van der Waals surface area contributed by atoms with Crippen molar-refractivity contribution in [3.8, 4) is 0 Å². The number of aliphatic imine (C=N–C) groups is 1. The van der Waals surface area contributed by atoms with Crippen molar-refractivity contribution in [2.75, 3.05) is 0 Å². The van der Waals surface area contributed by atoms with Crippen LogP contribution in [0.5, 0.6) is 0 Å². The first-order chi connectivity index (χ1) is 9.58. The normalized spacial score (nSPS) is 15.9. The number of rotatable bonds is 3. The molecule has 0 radical (unpaired) electrons. The average molecular weight is 308 g/mol. The van der Waals surface area contributed by atoms with Crippen LogP contribution in [0.4, 0.5) is 0 Å². The fourth-order valence-electron chi connectivity index (χ4n) is 1.70. The molecular formula is C14H16N2O4S. The minimum atomic E-state index is -3.59. The smallest absolute Gasteiger partial charge is 0.363 e. The summed E-state index contributed by atoms with van der Waals surface area (Å²) in [6.45, 7) is 8.72. The van der Waals surface area contributed by atoms with E-state index in [1.54, 1.807) is 20.8 Å². The van der Waals surface area contributed by atoms with Crippen molar-refractivity contribution in [2.45, 2.75) is 31.2 Å². The van der Waals surface area contributed by atoms with E-state index < -0.39 is 21.5 Å². The van der Waals surface area contributed by atoms with Gasteiger partial charge in [-0.25, -0.2) is 22.9 Å². The molecule has 0 unspecified atom stereocenters. The minimum Gasteiger partial charge on any atom is -0.402 e. The Morgan fingerprint density at radius 1 is 1.19 bits per heavy atom. The molecule has 7 heteroatoms. The molecule has 0 aromatic heterocycles. The Bertz CT molecular complexity index is 725. The molecule has 0 saturated heterocycles. The second-order valence-corrected chi connectivity index (χ2v) is 7.32. The number of nitrogens with zero attached hydrogens (tertiary/aromatic N) is 1. The number of ether oxygens (including phenoxy) is 1. The maximum Gasteiger partial charge on any atom is 0.363 e. The van der Waals surface area contributed by atoms with Gasteiger partial charge in [-0.15, -0.1) is 0 Å². The predicted molar refractivity (Wildman–Crippen MR) is 78.3 cm³/mol. The number of sulfonamides is 1. The molecule has 0 aliphatic carbocycles. The van der Waals surface area contributed by atoms with Crippen LogP contribution in [0.1, 0.15) is 26.3 Å². The summed E-state index contributed by atoms with van der Waals surface area (Å²) < 4.78 is 31.8. The van der Waals surface area contributed by atoms with E-state index in [1.165, 1.54) is 24.3 Å². The molecule has 1 heterocycles. The van der Waals surface area contributed by atoms with Crippen molar-refractivity contribution in [2.24, 2.45) is 4.99 Å². The lowest BCUT2D eigenvalue weighted by molar-refractivity contribution is -0.129. The topological polar surface area (TPSA) is 84.8 Å². The molecule has 6 nitrogen and oxygen atoms in total. The van der Waals surface area contributed by atoms with Crippen molar-refractivity contribution in [1.82, 2.24) is 4.72 Å². The van der Waals surface area contributed by atoms with Crippen molar-refractivity contribution >= 4 is 21.9 Å². The van der Waals surface area contributed by atoms with Gasteiger partial charge in [0.15, 0.2) is 0 Å². The Kier molecular flexibility index (Phi) is 3.73. The summed E-state index contributed by atoms with van der Waals surface area (Å²) in [5.74, 6) is -0.478. The number of nitrogens with one attached hydrogen (secondary N) is 1. The first-order valence-corrected chi connectivity index (χ1v) is 7.71. The molecule has 112 valence electrons. The molecule has 0 fully saturated rings. The third-order valence-corrected chi connectivity index (χ3v) is 4.29. The van der Waals surface area contributed by atoms with Crippen LogP contribution in [-0.2, 0) is 19.6 Å². The van der Waals surface area contributed by atoms with Gasteiger partial charge in [-0.1, -0.05) is 6.58 Å². The van der Waals surface area contributed by atoms with Crippen LogP contribution in [0.2, 0.25) is 0 Å². The van der Waals surface area contributed by atoms with Gasteiger partial charge in [0.05, 0.1) is 4.90 Å². The van der Waals surface area contributed by atoms with E-state index in [-0.39, 0.29) is 16.5 Å². The molecule has 0 bridgehead atoms. The van der Waals surface area contributed by atoms with Crippen LogP contribution in [0.25, 0.3) is 0 Å². The quantitative estimate of drug-likeness (QED) is 0.678. The fourth-order valence-corrected chi connectivity index (χ4v) is 3.12. The second kappa shape index (κ2) is 5.09. The summed E-state index contributed by atoms with van der Waals surface area (Å²) in [6.07, 6.45) is 0. The zero-order valence-electron chi connectivity index (χ0n) is 12.0. The summed E-state index contributed by atoms with van der Waals surface area (Å²) in [6, 6.07) is 5.92. The van der Waals surface area contributed by atoms with Crippen LogP contribution >= 0.6 is 0 Å². The molecule has 2 rings (SSSR count). The Hall–Kier alpha value is -1.99. The van der Waals surface area contributed by atoms with Crippen LogP contribution in [-0.4, -0.2) is 25.8 Å². The number of carbonyl (C=O) groups is 1. The monoisotopic (exact) mass is 308 g/mol. The molecular weight excluding hydrogens is 292 g/mol. The van der Waals surface area contributed by atoms with Crippen LogP contribution in [0.3, 0.4) is 0 Å². The van der Waals surface area contributed by atoms with Gasteiger partial charge in [-0.05, 0) is 45.0 Å². The Morgan fingerprint density at radius 2 is 1.76 bits per heavy atom. The van der Waals surface area contributed by atoms with Gasteiger partial charge in [0.1, 0.15) is 5.70 Å².